The zero-order valence-corrected chi connectivity index (χ0v) is 12.2. The Labute approximate surface area is 120 Å². The molecule has 2 aromatic rings. The topological polar surface area (TPSA) is 26.2 Å². The fraction of sp³-hybridized carbons (Fsp3) is 0.412. The van der Waals surface area contributed by atoms with Crippen LogP contribution in [0.4, 0.5) is 0 Å². The molecule has 0 radical (unpaired) electrons. The van der Waals surface area contributed by atoms with Crippen molar-refractivity contribution >= 4 is 0 Å². The molecule has 0 aliphatic carbocycles. The lowest BCUT2D eigenvalue weighted by Gasteiger charge is -2.25. The van der Waals surface area contributed by atoms with Crippen LogP contribution in [-0.4, -0.2) is 24.8 Å². The first-order valence-electron chi connectivity index (χ1n) is 7.32. The average Bonchev–Trinajstić information content (AvgIpc) is 2.97. The lowest BCUT2D eigenvalue weighted by molar-refractivity contribution is 0.414. The first-order chi connectivity index (χ1) is 9.79. The molecule has 0 amide bonds. The van der Waals surface area contributed by atoms with Gasteiger partial charge in [-0.1, -0.05) is 0 Å². The summed E-state index contributed by atoms with van der Waals surface area (Å²) in [4.78, 5) is 0. The van der Waals surface area contributed by atoms with Crippen LogP contribution in [0.2, 0.25) is 0 Å². The van der Waals surface area contributed by atoms with E-state index in [4.69, 9.17) is 4.74 Å². The minimum Gasteiger partial charge on any atom is -0.497 e. The number of aryl methyl sites for hydroxylation is 1. The van der Waals surface area contributed by atoms with Gasteiger partial charge < -0.3 is 14.6 Å². The third-order valence-electron chi connectivity index (χ3n) is 4.20. The minimum absolute atomic E-state index is 0.660. The quantitative estimate of drug-likeness (QED) is 0.926. The van der Waals surface area contributed by atoms with Crippen molar-refractivity contribution in [1.29, 1.82) is 0 Å². The molecule has 0 bridgehead atoms. The van der Waals surface area contributed by atoms with Crippen molar-refractivity contribution in [3.63, 3.8) is 0 Å². The Morgan fingerprint density at radius 1 is 1.20 bits per heavy atom. The molecule has 1 aromatic heterocycles. The van der Waals surface area contributed by atoms with Crippen LogP contribution in [0, 0.1) is 6.92 Å². The SMILES string of the molecule is COc1ccc(-n2cccc2C2CCNCC2)c(C)c1. The van der Waals surface area contributed by atoms with Gasteiger partial charge in [0, 0.05) is 23.5 Å². The minimum atomic E-state index is 0.660. The van der Waals surface area contributed by atoms with E-state index in [0.29, 0.717) is 5.92 Å². The van der Waals surface area contributed by atoms with Gasteiger partial charge in [-0.05, 0) is 68.8 Å². The van der Waals surface area contributed by atoms with Crippen molar-refractivity contribution in [3.05, 3.63) is 47.8 Å². The van der Waals surface area contributed by atoms with E-state index < -0.39 is 0 Å². The van der Waals surface area contributed by atoms with Gasteiger partial charge in [-0.3, -0.25) is 0 Å². The van der Waals surface area contributed by atoms with E-state index >= 15 is 0 Å². The number of nitrogens with one attached hydrogen (secondary N) is 1. The number of benzene rings is 1. The van der Waals surface area contributed by atoms with Gasteiger partial charge in [0.2, 0.25) is 0 Å². The molecular formula is C17H22N2O. The highest BCUT2D eigenvalue weighted by atomic mass is 16.5. The molecule has 0 saturated carbocycles. The summed E-state index contributed by atoms with van der Waals surface area (Å²) in [5, 5.41) is 3.44. The smallest absolute Gasteiger partial charge is 0.119 e. The fourth-order valence-corrected chi connectivity index (χ4v) is 3.09. The monoisotopic (exact) mass is 270 g/mol. The van der Waals surface area contributed by atoms with E-state index in [2.05, 4.69) is 47.3 Å². The average molecular weight is 270 g/mol. The molecule has 1 aliphatic heterocycles. The summed E-state index contributed by atoms with van der Waals surface area (Å²) < 4.78 is 7.63. The molecule has 3 nitrogen and oxygen atoms in total. The van der Waals surface area contributed by atoms with E-state index in [0.717, 1.165) is 18.8 Å². The number of hydrogen-bond donors (Lipinski definition) is 1. The van der Waals surface area contributed by atoms with Crippen molar-refractivity contribution in [2.75, 3.05) is 20.2 Å². The second kappa shape index (κ2) is 5.71. The molecule has 3 rings (SSSR count). The Bertz CT molecular complexity index is 582. The van der Waals surface area contributed by atoms with E-state index in [1.807, 2.05) is 6.07 Å². The van der Waals surface area contributed by atoms with E-state index in [1.54, 1.807) is 7.11 Å². The van der Waals surface area contributed by atoms with Gasteiger partial charge in [0.25, 0.3) is 0 Å². The number of methoxy groups -OCH3 is 1. The number of nitrogens with zero attached hydrogens (tertiary/aromatic N) is 1. The summed E-state index contributed by atoms with van der Waals surface area (Å²) in [6, 6.07) is 10.7. The molecule has 0 unspecified atom stereocenters. The van der Waals surface area contributed by atoms with Crippen LogP contribution in [0.15, 0.2) is 36.5 Å². The maximum Gasteiger partial charge on any atom is 0.119 e. The molecule has 2 heterocycles. The highest BCUT2D eigenvalue weighted by Crippen LogP contribution is 2.29. The van der Waals surface area contributed by atoms with Crippen LogP contribution in [0.3, 0.4) is 0 Å². The van der Waals surface area contributed by atoms with E-state index in [1.165, 1.54) is 29.8 Å². The van der Waals surface area contributed by atoms with Crippen LogP contribution in [-0.2, 0) is 0 Å². The maximum absolute atomic E-state index is 5.30. The van der Waals surface area contributed by atoms with Crippen molar-refractivity contribution in [2.24, 2.45) is 0 Å². The van der Waals surface area contributed by atoms with Crippen molar-refractivity contribution in [2.45, 2.75) is 25.7 Å². The van der Waals surface area contributed by atoms with Crippen LogP contribution in [0.5, 0.6) is 5.75 Å². The summed E-state index contributed by atoms with van der Waals surface area (Å²) in [5.41, 5.74) is 3.93. The summed E-state index contributed by atoms with van der Waals surface area (Å²) in [5.74, 6) is 1.58. The molecule has 3 heteroatoms. The van der Waals surface area contributed by atoms with Gasteiger partial charge in [-0.2, -0.15) is 0 Å². The summed E-state index contributed by atoms with van der Waals surface area (Å²) >= 11 is 0. The van der Waals surface area contributed by atoms with E-state index in [-0.39, 0.29) is 0 Å². The standard InChI is InChI=1S/C17H22N2O/c1-13-12-15(20-2)5-6-16(13)19-11-3-4-17(19)14-7-9-18-10-8-14/h3-6,11-12,14,18H,7-10H2,1-2H3. The van der Waals surface area contributed by atoms with Crippen LogP contribution in [0.25, 0.3) is 5.69 Å². The van der Waals surface area contributed by atoms with Crippen molar-refractivity contribution in [3.8, 4) is 11.4 Å². The largest absolute Gasteiger partial charge is 0.497 e. The second-order valence-electron chi connectivity index (χ2n) is 5.48. The Balaban J connectivity index is 1.96. The molecule has 1 saturated heterocycles. The summed E-state index contributed by atoms with van der Waals surface area (Å²) in [6.45, 7) is 4.39. The molecule has 1 N–H and O–H groups in total. The third-order valence-corrected chi connectivity index (χ3v) is 4.20. The van der Waals surface area contributed by atoms with E-state index in [9.17, 15) is 0 Å². The van der Waals surface area contributed by atoms with Crippen LogP contribution >= 0.6 is 0 Å². The van der Waals surface area contributed by atoms with Gasteiger partial charge in [-0.15, -0.1) is 0 Å². The zero-order chi connectivity index (χ0) is 13.9. The first-order valence-corrected chi connectivity index (χ1v) is 7.32. The number of aromatic nitrogens is 1. The Morgan fingerprint density at radius 2 is 2.00 bits per heavy atom. The predicted molar refractivity (Wildman–Crippen MR) is 81.9 cm³/mol. The number of piperidine rings is 1. The molecule has 1 aromatic carbocycles. The Kier molecular flexibility index (Phi) is 3.79. The highest BCUT2D eigenvalue weighted by molar-refractivity contribution is 5.47. The Hall–Kier alpha value is -1.74. The van der Waals surface area contributed by atoms with Gasteiger partial charge in [-0.25, -0.2) is 0 Å². The maximum atomic E-state index is 5.30. The highest BCUT2D eigenvalue weighted by Gasteiger charge is 2.19. The van der Waals surface area contributed by atoms with Gasteiger partial charge in [0.05, 0.1) is 7.11 Å². The lowest BCUT2D eigenvalue weighted by Crippen LogP contribution is -2.27. The Morgan fingerprint density at radius 3 is 2.70 bits per heavy atom. The van der Waals surface area contributed by atoms with Gasteiger partial charge in [0.15, 0.2) is 0 Å². The lowest BCUT2D eigenvalue weighted by atomic mass is 9.94. The second-order valence-corrected chi connectivity index (χ2v) is 5.48. The third kappa shape index (κ3) is 2.46. The zero-order valence-electron chi connectivity index (χ0n) is 12.2. The fourth-order valence-electron chi connectivity index (χ4n) is 3.09. The van der Waals surface area contributed by atoms with Crippen molar-refractivity contribution < 1.29 is 4.74 Å². The summed E-state index contributed by atoms with van der Waals surface area (Å²) in [6.07, 6.45) is 4.62. The van der Waals surface area contributed by atoms with Crippen LogP contribution in [0.1, 0.15) is 30.0 Å². The molecule has 0 atom stereocenters. The van der Waals surface area contributed by atoms with Crippen molar-refractivity contribution in [1.82, 2.24) is 9.88 Å². The molecule has 106 valence electrons. The molecule has 1 fully saturated rings. The van der Waals surface area contributed by atoms with Gasteiger partial charge >= 0.3 is 0 Å². The molecule has 20 heavy (non-hydrogen) atoms. The number of ether oxygens (including phenoxy) is 1. The summed E-state index contributed by atoms with van der Waals surface area (Å²) in [7, 11) is 1.71. The normalized spacial score (nSPS) is 16.3. The first kappa shape index (κ1) is 13.3. The van der Waals surface area contributed by atoms with Crippen LogP contribution < -0.4 is 10.1 Å². The number of rotatable bonds is 3. The predicted octanol–water partition coefficient (Wildman–Crippen LogP) is 3.26. The molecule has 1 aliphatic rings. The number of hydrogen-bond acceptors (Lipinski definition) is 2. The molecule has 0 spiro atoms. The van der Waals surface area contributed by atoms with Gasteiger partial charge in [0.1, 0.15) is 5.75 Å². The molecular weight excluding hydrogens is 248 g/mol.